The fourth-order valence-electron chi connectivity index (χ4n) is 4.84. The number of halogens is 3. The molecule has 1 heterocycles. The molecule has 1 aliphatic carbocycles. The smallest absolute Gasteiger partial charge is 0.471 e. The molecule has 8 heteroatoms. The van der Waals surface area contributed by atoms with Gasteiger partial charge in [-0.25, -0.2) is 0 Å². The highest BCUT2D eigenvalue weighted by molar-refractivity contribution is 5.94. The summed E-state index contributed by atoms with van der Waals surface area (Å²) in [5, 5.41) is 9.76. The number of likely N-dealkylation sites (tertiary alicyclic amines) is 1. The van der Waals surface area contributed by atoms with E-state index < -0.39 is 34.4 Å². The quantitative estimate of drug-likeness (QED) is 0.795. The maximum atomic E-state index is 13.2. The number of rotatable bonds is 1. The van der Waals surface area contributed by atoms with Crippen LogP contribution in [-0.2, 0) is 21.4 Å². The van der Waals surface area contributed by atoms with Crippen molar-refractivity contribution in [3.63, 3.8) is 0 Å². The predicted molar refractivity (Wildman–Crippen MR) is 86.1 cm³/mol. The number of carbonyl (C=O) groups excluding carboxylic acids is 2. The van der Waals surface area contributed by atoms with Gasteiger partial charge in [0.15, 0.2) is 0 Å². The van der Waals surface area contributed by atoms with Crippen LogP contribution in [-0.4, -0.2) is 40.1 Å². The lowest BCUT2D eigenvalue weighted by Crippen LogP contribution is -2.78. The van der Waals surface area contributed by atoms with Crippen LogP contribution in [0.3, 0.4) is 0 Å². The lowest BCUT2D eigenvalue weighted by atomic mass is 9.45. The standard InChI is InChI=1S/C18H20F3N2O3/c1-15(2)16(3)6-7-23(14(26)18(19,20)21)17(15,13(22)25)9-10-8-11(24)4-5-12(10)16/h5,8,24H,6-7,9H2,1-3H3,(H2,22,25)/t16-,17-/m0/s1. The molecule has 26 heavy (non-hydrogen) atoms. The number of nitrogens with zero attached hydrogens (tertiary/aromatic N) is 1. The van der Waals surface area contributed by atoms with Gasteiger partial charge in [-0.1, -0.05) is 20.8 Å². The summed E-state index contributed by atoms with van der Waals surface area (Å²) in [7, 11) is 0. The summed E-state index contributed by atoms with van der Waals surface area (Å²) in [6.07, 6.45) is -5.08. The molecule has 2 aliphatic rings. The summed E-state index contributed by atoms with van der Waals surface area (Å²) in [6, 6.07) is 5.69. The van der Waals surface area contributed by atoms with Crippen molar-refractivity contribution in [3.05, 3.63) is 29.3 Å². The molecule has 141 valence electrons. The average Bonchev–Trinajstić information content (AvgIpc) is 2.49. The second-order valence-corrected chi connectivity index (χ2v) is 7.82. The van der Waals surface area contributed by atoms with Gasteiger partial charge in [0.2, 0.25) is 5.91 Å². The van der Waals surface area contributed by atoms with Crippen molar-refractivity contribution in [2.24, 2.45) is 11.1 Å². The SMILES string of the molecule is CC1(C)[C@@]2(C)CCN(C(=O)C(F)(F)F)[C@]1(C(N)=O)Cc1cc(O)[c]cc12. The number of phenolic OH excluding ortho intramolecular Hbond substituents is 1. The Morgan fingerprint density at radius 3 is 2.46 bits per heavy atom. The van der Waals surface area contributed by atoms with E-state index in [1.807, 2.05) is 6.92 Å². The minimum Gasteiger partial charge on any atom is -0.507 e. The van der Waals surface area contributed by atoms with E-state index in [4.69, 9.17) is 5.73 Å². The molecule has 1 aromatic carbocycles. The Bertz CT molecular complexity index is 805. The van der Waals surface area contributed by atoms with Gasteiger partial charge in [-0.05, 0) is 29.7 Å². The van der Waals surface area contributed by atoms with Crippen molar-refractivity contribution < 1.29 is 27.9 Å². The van der Waals surface area contributed by atoms with Gasteiger partial charge in [0.05, 0.1) is 0 Å². The topological polar surface area (TPSA) is 83.6 Å². The molecule has 0 aromatic heterocycles. The van der Waals surface area contributed by atoms with E-state index in [9.17, 15) is 27.9 Å². The van der Waals surface area contributed by atoms with Crippen molar-refractivity contribution in [1.82, 2.24) is 4.90 Å². The largest absolute Gasteiger partial charge is 0.507 e. The number of primary amides is 1. The Hall–Kier alpha value is -2.25. The Balaban J connectivity index is 2.31. The van der Waals surface area contributed by atoms with Gasteiger partial charge in [0, 0.05) is 29.9 Å². The summed E-state index contributed by atoms with van der Waals surface area (Å²) in [5.74, 6) is -3.23. The van der Waals surface area contributed by atoms with E-state index in [0.29, 0.717) is 10.5 Å². The number of alkyl halides is 3. The molecule has 1 fully saturated rings. The molecule has 0 unspecified atom stereocenters. The number of nitrogens with two attached hydrogens (primary N) is 1. The molecule has 5 nitrogen and oxygen atoms in total. The number of fused-ring (bicyclic) bond motifs is 4. The zero-order valence-electron chi connectivity index (χ0n) is 14.7. The minimum absolute atomic E-state index is 0.182. The predicted octanol–water partition coefficient (Wildman–Crippen LogP) is 2.05. The Morgan fingerprint density at radius 2 is 1.92 bits per heavy atom. The van der Waals surface area contributed by atoms with E-state index in [2.05, 4.69) is 6.07 Å². The molecule has 1 saturated heterocycles. The molecule has 3 N–H and O–H groups in total. The number of benzene rings is 1. The fourth-order valence-corrected chi connectivity index (χ4v) is 4.84. The molecular formula is C18H20F3N2O3. The lowest BCUT2D eigenvalue weighted by Gasteiger charge is -2.65. The second kappa shape index (κ2) is 5.14. The maximum absolute atomic E-state index is 13.2. The lowest BCUT2D eigenvalue weighted by molar-refractivity contribution is -0.207. The third-order valence-corrected chi connectivity index (χ3v) is 6.67. The highest BCUT2D eigenvalue weighted by Crippen LogP contribution is 2.61. The first-order chi connectivity index (χ1) is 11.8. The first kappa shape index (κ1) is 18.5. The first-order valence-corrected chi connectivity index (χ1v) is 8.22. The zero-order valence-corrected chi connectivity index (χ0v) is 14.7. The van der Waals surface area contributed by atoms with Crippen molar-refractivity contribution >= 4 is 11.8 Å². The summed E-state index contributed by atoms with van der Waals surface area (Å²) in [5.41, 5.74) is 3.30. The minimum atomic E-state index is -5.11. The normalized spacial score (nSPS) is 29.8. The molecule has 2 bridgehead atoms. The number of hydrogen-bond acceptors (Lipinski definition) is 3. The summed E-state index contributed by atoms with van der Waals surface area (Å²) >= 11 is 0. The van der Waals surface area contributed by atoms with E-state index in [-0.39, 0.29) is 25.1 Å². The van der Waals surface area contributed by atoms with Crippen LogP contribution in [0.1, 0.15) is 38.3 Å². The fraction of sp³-hybridized carbons (Fsp3) is 0.556. The monoisotopic (exact) mass is 369 g/mol. The Labute approximate surface area is 149 Å². The van der Waals surface area contributed by atoms with E-state index in [0.717, 1.165) is 5.56 Å². The van der Waals surface area contributed by atoms with Gasteiger partial charge in [-0.15, -0.1) is 0 Å². The molecule has 1 radical (unpaired) electrons. The second-order valence-electron chi connectivity index (χ2n) is 7.82. The van der Waals surface area contributed by atoms with Gasteiger partial charge in [0.1, 0.15) is 11.3 Å². The summed E-state index contributed by atoms with van der Waals surface area (Å²) in [4.78, 5) is 25.3. The van der Waals surface area contributed by atoms with Crippen LogP contribution >= 0.6 is 0 Å². The molecule has 0 spiro atoms. The van der Waals surface area contributed by atoms with Gasteiger partial charge >= 0.3 is 12.1 Å². The van der Waals surface area contributed by atoms with E-state index in [1.165, 1.54) is 6.07 Å². The molecule has 3 rings (SSSR count). The molecule has 1 aromatic rings. The number of phenols is 1. The summed E-state index contributed by atoms with van der Waals surface area (Å²) in [6.45, 7) is 4.96. The van der Waals surface area contributed by atoms with E-state index in [1.54, 1.807) is 19.9 Å². The van der Waals surface area contributed by atoms with Gasteiger partial charge < -0.3 is 15.7 Å². The van der Waals surface area contributed by atoms with Crippen LogP contribution in [0, 0.1) is 11.5 Å². The number of piperidine rings is 1. The molecule has 1 aliphatic heterocycles. The van der Waals surface area contributed by atoms with Crippen molar-refractivity contribution in [2.75, 3.05) is 6.54 Å². The van der Waals surface area contributed by atoms with Crippen molar-refractivity contribution in [3.8, 4) is 5.75 Å². The Morgan fingerprint density at radius 1 is 1.31 bits per heavy atom. The average molecular weight is 369 g/mol. The number of amides is 2. The molecular weight excluding hydrogens is 349 g/mol. The molecule has 2 atom stereocenters. The van der Waals surface area contributed by atoms with Gasteiger partial charge in [-0.3, -0.25) is 9.59 Å². The third-order valence-electron chi connectivity index (χ3n) is 6.67. The van der Waals surface area contributed by atoms with Gasteiger partial charge in [0.25, 0.3) is 0 Å². The van der Waals surface area contributed by atoms with Crippen LogP contribution in [0.5, 0.6) is 5.75 Å². The third kappa shape index (κ3) is 2.04. The van der Waals surface area contributed by atoms with Crippen molar-refractivity contribution in [1.29, 1.82) is 0 Å². The van der Waals surface area contributed by atoms with Crippen LogP contribution in [0.15, 0.2) is 12.1 Å². The number of aromatic hydroxyl groups is 1. The van der Waals surface area contributed by atoms with Crippen LogP contribution in [0.25, 0.3) is 0 Å². The van der Waals surface area contributed by atoms with E-state index >= 15 is 0 Å². The number of hydrogen-bond donors (Lipinski definition) is 2. The number of carbonyl (C=O) groups is 2. The zero-order chi connectivity index (χ0) is 19.7. The van der Waals surface area contributed by atoms with Crippen LogP contribution in [0.2, 0.25) is 0 Å². The molecule has 2 amide bonds. The highest BCUT2D eigenvalue weighted by atomic mass is 19.4. The van der Waals surface area contributed by atoms with Gasteiger partial charge in [-0.2, -0.15) is 13.2 Å². The van der Waals surface area contributed by atoms with Crippen molar-refractivity contribution in [2.45, 2.75) is 50.7 Å². The molecule has 0 saturated carbocycles. The first-order valence-electron chi connectivity index (χ1n) is 8.22. The highest BCUT2D eigenvalue weighted by Gasteiger charge is 2.70. The Kier molecular flexibility index (Phi) is 3.67. The van der Waals surface area contributed by atoms with Crippen LogP contribution in [0.4, 0.5) is 13.2 Å². The van der Waals surface area contributed by atoms with Crippen LogP contribution < -0.4 is 5.73 Å². The summed E-state index contributed by atoms with van der Waals surface area (Å²) < 4.78 is 39.6. The maximum Gasteiger partial charge on any atom is 0.471 e.